The van der Waals surface area contributed by atoms with E-state index in [9.17, 15) is 19.2 Å². The van der Waals surface area contributed by atoms with E-state index in [2.05, 4.69) is 29.7 Å². The van der Waals surface area contributed by atoms with Crippen LogP contribution in [0.5, 0.6) is 0 Å². The van der Waals surface area contributed by atoms with Crippen molar-refractivity contribution in [1.82, 2.24) is 20.3 Å². The minimum absolute atomic E-state index is 0.0788. The van der Waals surface area contributed by atoms with E-state index in [-0.39, 0.29) is 35.8 Å². The number of hydrogen-bond acceptors (Lipinski definition) is 8. The summed E-state index contributed by atoms with van der Waals surface area (Å²) in [6, 6.07) is 7.29. The number of esters is 2. The second-order valence-corrected chi connectivity index (χ2v) is 7.32. The van der Waals surface area contributed by atoms with Gasteiger partial charge in [-0.3, -0.25) is 24.2 Å². The molecule has 182 valence electrons. The molecule has 11 heteroatoms. The van der Waals surface area contributed by atoms with E-state index < -0.39 is 0 Å². The van der Waals surface area contributed by atoms with Crippen molar-refractivity contribution >= 4 is 34.8 Å². The van der Waals surface area contributed by atoms with Gasteiger partial charge in [-0.25, -0.2) is 0 Å². The number of nitrogens with zero attached hydrogens (tertiary/aromatic N) is 1. The number of rotatable bonds is 8. The number of amides is 1. The van der Waals surface area contributed by atoms with E-state index in [0.29, 0.717) is 42.4 Å². The van der Waals surface area contributed by atoms with E-state index in [1.165, 1.54) is 21.1 Å². The summed E-state index contributed by atoms with van der Waals surface area (Å²) in [7, 11) is 2.69. The van der Waals surface area contributed by atoms with Crippen molar-refractivity contribution in [3.05, 3.63) is 57.5 Å². The molecule has 5 N–H and O–H groups in total. The minimum atomic E-state index is -0.292. The van der Waals surface area contributed by atoms with Crippen molar-refractivity contribution < 1.29 is 23.9 Å². The van der Waals surface area contributed by atoms with Crippen LogP contribution in [-0.2, 0) is 31.9 Å². The van der Waals surface area contributed by atoms with E-state index in [0.717, 1.165) is 11.1 Å². The normalized spacial score (nSPS) is 10.2. The lowest BCUT2D eigenvalue weighted by Gasteiger charge is -2.06. The number of ether oxygens (including phenoxy) is 2. The van der Waals surface area contributed by atoms with Gasteiger partial charge in [0.1, 0.15) is 5.65 Å². The first-order chi connectivity index (χ1) is 16.2. The van der Waals surface area contributed by atoms with Gasteiger partial charge in [0, 0.05) is 31.6 Å². The number of aromatic amines is 2. The molecule has 0 atom stereocenters. The molecule has 3 aromatic rings. The molecule has 1 amide bonds. The van der Waals surface area contributed by atoms with Crippen molar-refractivity contribution in [1.29, 1.82) is 0 Å². The molecular formula is C23H29N5O6. The van der Waals surface area contributed by atoms with Gasteiger partial charge in [-0.05, 0) is 42.5 Å². The predicted octanol–water partition coefficient (Wildman–Crippen LogP) is 1.48. The molecule has 0 aliphatic carbocycles. The maximum atomic E-state index is 12.1. The third kappa shape index (κ3) is 7.76. The molecule has 34 heavy (non-hydrogen) atoms. The fourth-order valence-corrected chi connectivity index (χ4v) is 3.06. The largest absolute Gasteiger partial charge is 0.469 e. The Morgan fingerprint density at radius 2 is 1.76 bits per heavy atom. The van der Waals surface area contributed by atoms with Crippen LogP contribution >= 0.6 is 0 Å². The molecule has 2 aromatic heterocycles. The van der Waals surface area contributed by atoms with Gasteiger partial charge in [0.25, 0.3) is 11.5 Å². The van der Waals surface area contributed by atoms with Crippen LogP contribution < -0.4 is 16.6 Å². The molecule has 11 nitrogen and oxygen atoms in total. The maximum absolute atomic E-state index is 12.1. The number of aromatic nitrogens is 3. The molecule has 0 unspecified atom stereocenters. The zero-order valence-electron chi connectivity index (χ0n) is 19.4. The number of carbonyl (C=O) groups is 3. The van der Waals surface area contributed by atoms with E-state index in [1.54, 1.807) is 18.3 Å². The van der Waals surface area contributed by atoms with Crippen molar-refractivity contribution in [3.63, 3.8) is 0 Å². The van der Waals surface area contributed by atoms with Gasteiger partial charge in [-0.1, -0.05) is 12.1 Å². The molecule has 2 heterocycles. The molecule has 0 bridgehead atoms. The summed E-state index contributed by atoms with van der Waals surface area (Å²) in [5, 5.41) is 3.29. The lowest BCUT2D eigenvalue weighted by Crippen LogP contribution is -2.24. The first-order valence-electron chi connectivity index (χ1n) is 10.6. The van der Waals surface area contributed by atoms with Gasteiger partial charge in [-0.2, -0.15) is 4.98 Å². The third-order valence-electron chi connectivity index (χ3n) is 4.90. The summed E-state index contributed by atoms with van der Waals surface area (Å²) in [6.07, 6.45) is 3.92. The molecule has 0 aliphatic heterocycles. The van der Waals surface area contributed by atoms with Crippen molar-refractivity contribution in [2.75, 3.05) is 26.5 Å². The van der Waals surface area contributed by atoms with Crippen LogP contribution in [0.1, 0.15) is 41.3 Å². The smallest absolute Gasteiger partial charge is 0.305 e. The first kappa shape index (κ1) is 26.1. The second-order valence-electron chi connectivity index (χ2n) is 7.32. The Balaban J connectivity index is 0.000000739. The number of anilines is 1. The number of hydrogen-bond donors (Lipinski definition) is 4. The van der Waals surface area contributed by atoms with Crippen LogP contribution in [0.15, 0.2) is 35.3 Å². The van der Waals surface area contributed by atoms with Crippen molar-refractivity contribution in [2.24, 2.45) is 0 Å². The highest BCUT2D eigenvalue weighted by atomic mass is 16.5. The maximum Gasteiger partial charge on any atom is 0.305 e. The van der Waals surface area contributed by atoms with Crippen LogP contribution in [0.25, 0.3) is 11.0 Å². The van der Waals surface area contributed by atoms with Crippen LogP contribution in [0.3, 0.4) is 0 Å². The van der Waals surface area contributed by atoms with Gasteiger partial charge in [-0.15, -0.1) is 0 Å². The topological polar surface area (TPSA) is 169 Å². The van der Waals surface area contributed by atoms with E-state index in [4.69, 9.17) is 5.73 Å². The molecule has 0 saturated heterocycles. The summed E-state index contributed by atoms with van der Waals surface area (Å²) in [6.45, 7) is 1.77. The number of methoxy groups -OCH3 is 2. The summed E-state index contributed by atoms with van der Waals surface area (Å²) in [5.74, 6) is -0.645. The molecule has 3 rings (SSSR count). The lowest BCUT2D eigenvalue weighted by atomic mass is 10.0. The number of carbonyl (C=O) groups excluding carboxylic acids is 3. The lowest BCUT2D eigenvalue weighted by molar-refractivity contribution is -0.140. The molecule has 0 spiro atoms. The number of aryl methyl sites for hydroxylation is 2. The van der Waals surface area contributed by atoms with Gasteiger partial charge in [0.05, 0.1) is 19.6 Å². The van der Waals surface area contributed by atoms with Crippen molar-refractivity contribution in [2.45, 2.75) is 32.6 Å². The van der Waals surface area contributed by atoms with E-state index >= 15 is 0 Å². The van der Waals surface area contributed by atoms with Crippen LogP contribution in [0.2, 0.25) is 0 Å². The summed E-state index contributed by atoms with van der Waals surface area (Å²) >= 11 is 0. The SMILES string of the molecule is COC(=O)CCCNC(=O)c1ccc(CCc2c[nH]c3nc(N)[nH]c(=O)c23)cc1.COC(C)=O. The Kier molecular flexibility index (Phi) is 9.81. The standard InChI is InChI=1S/C20H23N5O4.C3H6O2/c1-29-15(26)3-2-10-22-18(27)13-7-4-12(5-8-13)6-9-14-11-23-17-16(14)19(28)25-20(21)24-17;1-3(4)5-2/h4-5,7-8,11H,2-3,6,9-10H2,1H3,(H,22,27)(H4,21,23,24,25,28);1-2H3. The van der Waals surface area contributed by atoms with Gasteiger partial charge < -0.3 is 25.5 Å². The zero-order valence-corrected chi connectivity index (χ0v) is 19.4. The Hall–Kier alpha value is -4.15. The number of benzene rings is 1. The average Bonchev–Trinajstić information content (AvgIpc) is 3.23. The monoisotopic (exact) mass is 471 g/mol. The Labute approximate surface area is 196 Å². The number of nitrogens with one attached hydrogen (secondary N) is 3. The Morgan fingerprint density at radius 3 is 2.38 bits per heavy atom. The quantitative estimate of drug-likeness (QED) is 0.283. The number of fused-ring (bicyclic) bond motifs is 1. The molecule has 0 aliphatic rings. The zero-order chi connectivity index (χ0) is 25.1. The minimum Gasteiger partial charge on any atom is -0.469 e. The van der Waals surface area contributed by atoms with Gasteiger partial charge >= 0.3 is 11.9 Å². The summed E-state index contributed by atoms with van der Waals surface area (Å²) in [4.78, 5) is 54.5. The van der Waals surface area contributed by atoms with Gasteiger partial charge in [0.15, 0.2) is 0 Å². The van der Waals surface area contributed by atoms with Crippen LogP contribution in [0.4, 0.5) is 5.95 Å². The summed E-state index contributed by atoms with van der Waals surface area (Å²) < 4.78 is 8.67. The second kappa shape index (κ2) is 12.8. The molecule has 0 fully saturated rings. The van der Waals surface area contributed by atoms with Crippen LogP contribution in [-0.4, -0.2) is 53.6 Å². The number of H-pyrrole nitrogens is 2. The number of nitrogen functional groups attached to an aromatic ring is 1. The molecule has 1 aromatic carbocycles. The highest BCUT2D eigenvalue weighted by molar-refractivity contribution is 5.94. The Bertz CT molecular complexity index is 1180. The van der Waals surface area contributed by atoms with E-state index in [1.807, 2.05) is 12.1 Å². The third-order valence-corrected chi connectivity index (χ3v) is 4.90. The molecular weight excluding hydrogens is 442 g/mol. The fraction of sp³-hybridized carbons (Fsp3) is 0.348. The first-order valence-corrected chi connectivity index (χ1v) is 10.6. The van der Waals surface area contributed by atoms with Gasteiger partial charge in [0.2, 0.25) is 5.95 Å². The van der Waals surface area contributed by atoms with Crippen molar-refractivity contribution in [3.8, 4) is 0 Å². The average molecular weight is 472 g/mol. The number of nitrogens with two attached hydrogens (primary N) is 1. The van der Waals surface area contributed by atoms with Crippen LogP contribution in [0, 0.1) is 0 Å². The molecule has 0 radical (unpaired) electrons. The predicted molar refractivity (Wildman–Crippen MR) is 126 cm³/mol. The fourth-order valence-electron chi connectivity index (χ4n) is 3.06. The highest BCUT2D eigenvalue weighted by Gasteiger charge is 2.11. The summed E-state index contributed by atoms with van der Waals surface area (Å²) in [5.41, 5.74) is 8.22. The Morgan fingerprint density at radius 1 is 1.09 bits per heavy atom. The molecule has 0 saturated carbocycles. The highest BCUT2D eigenvalue weighted by Crippen LogP contribution is 2.16.